The molecule has 1 aliphatic rings. The summed E-state index contributed by atoms with van der Waals surface area (Å²) in [7, 11) is 4.12. The van der Waals surface area contributed by atoms with Crippen LogP contribution in [0, 0.1) is 0 Å². The Morgan fingerprint density at radius 1 is 1.15 bits per heavy atom. The first kappa shape index (κ1) is 22.7. The van der Waals surface area contributed by atoms with Gasteiger partial charge in [0.1, 0.15) is 5.75 Å². The fourth-order valence-electron chi connectivity index (χ4n) is 3.14. The van der Waals surface area contributed by atoms with Crippen LogP contribution >= 0.6 is 24.0 Å². The third kappa shape index (κ3) is 5.60. The molecule has 144 valence electrons. The Labute approximate surface area is 166 Å². The van der Waals surface area contributed by atoms with Gasteiger partial charge in [-0.3, -0.25) is 0 Å². The average molecular weight is 400 g/mol. The van der Waals surface area contributed by atoms with Gasteiger partial charge < -0.3 is 19.8 Å². The molecule has 0 saturated carbocycles. The smallest absolute Gasteiger partial charge is 0.126 e. The molecule has 2 atom stereocenters. The number of halogens is 2. The summed E-state index contributed by atoms with van der Waals surface area (Å²) < 4.78 is 12.3. The second kappa shape index (κ2) is 10.8. The van der Waals surface area contributed by atoms with Crippen LogP contribution in [0.5, 0.6) is 5.75 Å². The molecule has 0 radical (unpaired) electrons. The third-order valence-corrected chi connectivity index (χ3v) is 4.63. The molecule has 3 rings (SSSR count). The highest BCUT2D eigenvalue weighted by molar-refractivity contribution is 6.30. The molecular formula is C20H27Cl2NO3. The minimum absolute atomic E-state index is 0. The lowest BCUT2D eigenvalue weighted by atomic mass is 9.87. The normalized spacial score (nSPS) is 18.8. The molecule has 6 heteroatoms. The van der Waals surface area contributed by atoms with Gasteiger partial charge in [0, 0.05) is 23.0 Å². The number of hydrogen-bond acceptors (Lipinski definition) is 3. The van der Waals surface area contributed by atoms with Crippen molar-refractivity contribution in [1.29, 1.82) is 0 Å². The van der Waals surface area contributed by atoms with Crippen LogP contribution in [0.4, 0.5) is 0 Å². The monoisotopic (exact) mass is 399 g/mol. The second-order valence-electron chi connectivity index (χ2n) is 6.43. The highest BCUT2D eigenvalue weighted by atomic mass is 35.5. The van der Waals surface area contributed by atoms with Crippen molar-refractivity contribution in [3.05, 3.63) is 64.7 Å². The number of hydrogen-bond donors (Lipinski definition) is 0. The first-order chi connectivity index (χ1) is 11.6. The maximum absolute atomic E-state index is 6.34. The van der Waals surface area contributed by atoms with Crippen molar-refractivity contribution in [1.82, 2.24) is 4.90 Å². The summed E-state index contributed by atoms with van der Waals surface area (Å²) in [6.07, 6.45) is 0.894. The van der Waals surface area contributed by atoms with Crippen LogP contribution < -0.4 is 4.74 Å². The van der Waals surface area contributed by atoms with Gasteiger partial charge in [-0.2, -0.15) is 0 Å². The quantitative estimate of drug-likeness (QED) is 0.759. The molecular weight excluding hydrogens is 373 g/mol. The lowest BCUT2D eigenvalue weighted by molar-refractivity contribution is 0.0249. The van der Waals surface area contributed by atoms with Gasteiger partial charge in [0.05, 0.1) is 19.3 Å². The highest BCUT2D eigenvalue weighted by Gasteiger charge is 2.30. The summed E-state index contributed by atoms with van der Waals surface area (Å²) >= 11 is 6.15. The molecule has 0 spiro atoms. The maximum Gasteiger partial charge on any atom is 0.126 e. The fourth-order valence-corrected chi connectivity index (χ4v) is 3.30. The Bertz CT molecular complexity index is 667. The molecule has 2 aromatic carbocycles. The minimum Gasteiger partial charge on any atom is -0.493 e. The van der Waals surface area contributed by atoms with Crippen molar-refractivity contribution >= 4 is 24.0 Å². The molecule has 1 heterocycles. The van der Waals surface area contributed by atoms with Crippen molar-refractivity contribution < 1.29 is 14.9 Å². The van der Waals surface area contributed by atoms with Gasteiger partial charge in [-0.15, -0.1) is 12.4 Å². The number of ether oxygens (including phenoxy) is 2. The summed E-state index contributed by atoms with van der Waals surface area (Å²) in [5, 5.41) is 0.693. The van der Waals surface area contributed by atoms with Crippen molar-refractivity contribution in [2.24, 2.45) is 0 Å². The zero-order valence-corrected chi connectivity index (χ0v) is 16.7. The van der Waals surface area contributed by atoms with E-state index in [4.69, 9.17) is 21.1 Å². The number of nitrogens with zero attached hydrogens (tertiary/aromatic N) is 1. The van der Waals surface area contributed by atoms with E-state index in [9.17, 15) is 0 Å². The molecule has 2 N–H and O–H groups in total. The van der Waals surface area contributed by atoms with Gasteiger partial charge >= 0.3 is 0 Å². The van der Waals surface area contributed by atoms with E-state index in [-0.39, 0.29) is 29.9 Å². The molecule has 0 saturated heterocycles. The molecule has 1 aliphatic heterocycles. The topological polar surface area (TPSA) is 53.2 Å². The van der Waals surface area contributed by atoms with Gasteiger partial charge in [0.2, 0.25) is 0 Å². The third-order valence-electron chi connectivity index (χ3n) is 4.40. The van der Waals surface area contributed by atoms with Crippen LogP contribution in [-0.4, -0.2) is 44.2 Å². The zero-order chi connectivity index (χ0) is 16.9. The number of likely N-dealkylation sites (N-methyl/N-ethyl adjacent to an activating group) is 1. The summed E-state index contributed by atoms with van der Waals surface area (Å²) in [4.78, 5) is 2.13. The van der Waals surface area contributed by atoms with Gasteiger partial charge in [-0.25, -0.2) is 0 Å². The maximum atomic E-state index is 6.34. The first-order valence-corrected chi connectivity index (χ1v) is 8.76. The van der Waals surface area contributed by atoms with Gasteiger partial charge in [0.15, 0.2) is 0 Å². The van der Waals surface area contributed by atoms with Gasteiger partial charge in [-0.1, -0.05) is 48.0 Å². The second-order valence-corrected chi connectivity index (χ2v) is 6.87. The molecule has 0 bridgehead atoms. The largest absolute Gasteiger partial charge is 0.493 e. The van der Waals surface area contributed by atoms with Crippen molar-refractivity contribution in [2.45, 2.75) is 18.4 Å². The molecule has 2 unspecified atom stereocenters. The van der Waals surface area contributed by atoms with E-state index in [1.807, 2.05) is 24.3 Å². The van der Waals surface area contributed by atoms with Gasteiger partial charge in [0.25, 0.3) is 0 Å². The lowest BCUT2D eigenvalue weighted by Gasteiger charge is -2.27. The molecule has 26 heavy (non-hydrogen) atoms. The van der Waals surface area contributed by atoms with Crippen LogP contribution in [0.15, 0.2) is 48.5 Å². The summed E-state index contributed by atoms with van der Waals surface area (Å²) in [5.41, 5.74) is 2.38. The predicted molar refractivity (Wildman–Crippen MR) is 109 cm³/mol. The summed E-state index contributed by atoms with van der Waals surface area (Å²) in [6, 6.07) is 16.4. The average Bonchev–Trinajstić information content (AvgIpc) is 2.74. The molecule has 4 nitrogen and oxygen atoms in total. The number of rotatable bonds is 5. The van der Waals surface area contributed by atoms with E-state index in [0.29, 0.717) is 18.2 Å². The number of fused-ring (bicyclic) bond motifs is 1. The summed E-state index contributed by atoms with van der Waals surface area (Å²) in [5.74, 6) is 1.12. The van der Waals surface area contributed by atoms with E-state index in [2.05, 4.69) is 43.3 Å². The lowest BCUT2D eigenvalue weighted by Crippen LogP contribution is -2.22. The summed E-state index contributed by atoms with van der Waals surface area (Å²) in [6.45, 7) is 2.24. The van der Waals surface area contributed by atoms with E-state index in [1.165, 1.54) is 5.56 Å². The van der Waals surface area contributed by atoms with E-state index < -0.39 is 0 Å². The van der Waals surface area contributed by atoms with Crippen LogP contribution in [-0.2, 0) is 4.74 Å². The van der Waals surface area contributed by atoms with Gasteiger partial charge in [-0.05, 0) is 38.2 Å². The van der Waals surface area contributed by atoms with Crippen LogP contribution in [0.25, 0.3) is 0 Å². The standard InChI is InChI=1S/C20H24ClNO2.ClH.H2O/c1-22(2)11-13-24-20-17(15-6-4-3-5-7-15)10-12-23-19-14-16(21)8-9-18(19)20;;/h3-9,14,17,20H,10-13H2,1-2H3;1H;1H2. The highest BCUT2D eigenvalue weighted by Crippen LogP contribution is 2.43. The number of benzene rings is 2. The van der Waals surface area contributed by atoms with E-state index in [0.717, 1.165) is 24.3 Å². The van der Waals surface area contributed by atoms with Crippen LogP contribution in [0.3, 0.4) is 0 Å². The van der Waals surface area contributed by atoms with Crippen LogP contribution in [0.1, 0.15) is 29.6 Å². The molecule has 0 fully saturated rings. The first-order valence-electron chi connectivity index (χ1n) is 8.38. The van der Waals surface area contributed by atoms with E-state index >= 15 is 0 Å². The Hall–Kier alpha value is -1.30. The Kier molecular flexibility index (Phi) is 9.41. The van der Waals surface area contributed by atoms with E-state index in [1.54, 1.807) is 0 Å². The molecule has 0 aliphatic carbocycles. The Balaban J connectivity index is 0.00000169. The minimum atomic E-state index is -0.0258. The van der Waals surface area contributed by atoms with Crippen molar-refractivity contribution in [2.75, 3.05) is 33.9 Å². The fraction of sp³-hybridized carbons (Fsp3) is 0.400. The Morgan fingerprint density at radius 3 is 2.58 bits per heavy atom. The zero-order valence-electron chi connectivity index (χ0n) is 15.2. The van der Waals surface area contributed by atoms with Crippen molar-refractivity contribution in [3.8, 4) is 5.75 Å². The molecule has 0 amide bonds. The SMILES string of the molecule is CN(C)CCOC1c2ccc(Cl)cc2OCCC1c1ccccc1.Cl.O. The van der Waals surface area contributed by atoms with Crippen molar-refractivity contribution in [3.63, 3.8) is 0 Å². The molecule has 2 aromatic rings. The van der Waals surface area contributed by atoms with Crippen LogP contribution in [0.2, 0.25) is 5.02 Å². The predicted octanol–water partition coefficient (Wildman–Crippen LogP) is 4.12. The Morgan fingerprint density at radius 2 is 1.88 bits per heavy atom. The molecule has 0 aromatic heterocycles.